The van der Waals surface area contributed by atoms with Gasteiger partial charge in [0.05, 0.1) is 11.1 Å². The number of benzene rings is 2. The fourth-order valence-electron chi connectivity index (χ4n) is 1.66. The van der Waals surface area contributed by atoms with Crippen molar-refractivity contribution < 1.29 is 9.84 Å². The van der Waals surface area contributed by atoms with Gasteiger partial charge in [-0.05, 0) is 30.7 Å². The summed E-state index contributed by atoms with van der Waals surface area (Å²) in [7, 11) is 0. The van der Waals surface area contributed by atoms with Crippen LogP contribution in [0.15, 0.2) is 42.5 Å². The van der Waals surface area contributed by atoms with Gasteiger partial charge in [-0.1, -0.05) is 47.5 Å². The smallest absolute Gasteiger partial charge is 0.138 e. The first-order valence-corrected chi connectivity index (χ1v) is 6.67. The van der Waals surface area contributed by atoms with Gasteiger partial charge in [0.25, 0.3) is 0 Å². The summed E-state index contributed by atoms with van der Waals surface area (Å²) in [5.41, 5.74) is 1.66. The molecule has 1 atom stereocenters. The molecule has 0 heterocycles. The third-order valence-corrected chi connectivity index (χ3v) is 3.44. The second kappa shape index (κ2) is 6.29. The van der Waals surface area contributed by atoms with Crippen molar-refractivity contribution in [1.82, 2.24) is 0 Å². The van der Waals surface area contributed by atoms with Crippen LogP contribution >= 0.6 is 23.2 Å². The van der Waals surface area contributed by atoms with Crippen LogP contribution in [-0.2, 0) is 6.61 Å². The van der Waals surface area contributed by atoms with Gasteiger partial charge >= 0.3 is 0 Å². The average molecular weight is 297 g/mol. The van der Waals surface area contributed by atoms with Crippen LogP contribution in [0, 0.1) is 0 Å². The van der Waals surface area contributed by atoms with Crippen molar-refractivity contribution in [2.75, 3.05) is 0 Å². The number of halogens is 2. The van der Waals surface area contributed by atoms with Gasteiger partial charge in [0.1, 0.15) is 12.4 Å². The van der Waals surface area contributed by atoms with Crippen molar-refractivity contribution in [3.05, 3.63) is 63.6 Å². The van der Waals surface area contributed by atoms with E-state index in [2.05, 4.69) is 0 Å². The Bertz CT molecular complexity index is 568. The van der Waals surface area contributed by atoms with Crippen molar-refractivity contribution in [2.24, 2.45) is 0 Å². The summed E-state index contributed by atoms with van der Waals surface area (Å²) in [5.74, 6) is 0.575. The Morgan fingerprint density at radius 2 is 1.84 bits per heavy atom. The molecule has 2 nitrogen and oxygen atoms in total. The molecule has 0 saturated carbocycles. The zero-order valence-electron chi connectivity index (χ0n) is 10.4. The van der Waals surface area contributed by atoms with Crippen molar-refractivity contribution >= 4 is 23.2 Å². The summed E-state index contributed by atoms with van der Waals surface area (Å²) in [5, 5.41) is 10.6. The van der Waals surface area contributed by atoms with Crippen LogP contribution in [0.2, 0.25) is 10.0 Å². The highest BCUT2D eigenvalue weighted by Gasteiger charge is 2.07. The minimum absolute atomic E-state index is 0.355. The molecule has 19 heavy (non-hydrogen) atoms. The zero-order valence-corrected chi connectivity index (χ0v) is 11.9. The summed E-state index contributed by atoms with van der Waals surface area (Å²) in [6, 6.07) is 12.7. The van der Waals surface area contributed by atoms with Crippen LogP contribution < -0.4 is 4.74 Å². The predicted octanol–water partition coefficient (Wildman–Crippen LogP) is 4.63. The van der Waals surface area contributed by atoms with E-state index in [1.807, 2.05) is 24.3 Å². The van der Waals surface area contributed by atoms with Crippen molar-refractivity contribution in [3.8, 4) is 5.75 Å². The molecule has 0 aliphatic rings. The van der Waals surface area contributed by atoms with Crippen molar-refractivity contribution in [3.63, 3.8) is 0 Å². The molecule has 1 N–H and O–H groups in total. The molecule has 1 unspecified atom stereocenters. The first kappa shape index (κ1) is 14.2. The Labute approximate surface area is 122 Å². The van der Waals surface area contributed by atoms with Crippen molar-refractivity contribution in [1.29, 1.82) is 0 Å². The quantitative estimate of drug-likeness (QED) is 0.891. The summed E-state index contributed by atoms with van der Waals surface area (Å²) < 4.78 is 5.64. The number of aliphatic hydroxyl groups excluding tert-OH is 1. The molecule has 0 fully saturated rings. The molecule has 0 aliphatic heterocycles. The minimum atomic E-state index is -0.546. The van der Waals surface area contributed by atoms with Crippen LogP contribution in [0.1, 0.15) is 24.2 Å². The average Bonchev–Trinajstić information content (AvgIpc) is 2.39. The van der Waals surface area contributed by atoms with Gasteiger partial charge in [0, 0.05) is 10.6 Å². The maximum absolute atomic E-state index is 9.47. The maximum atomic E-state index is 9.47. The standard InChI is InChI=1S/C15H14Cl2O2/c1-10(18)11-6-7-15(14(17)8-11)19-9-12-4-2-3-5-13(12)16/h2-8,10,18H,9H2,1H3. The fourth-order valence-corrected chi connectivity index (χ4v) is 2.10. The van der Waals surface area contributed by atoms with Gasteiger partial charge in [-0.2, -0.15) is 0 Å². The van der Waals surface area contributed by atoms with Crippen LogP contribution in [0.5, 0.6) is 5.75 Å². The van der Waals surface area contributed by atoms with Crippen LogP contribution in [0.25, 0.3) is 0 Å². The first-order valence-electron chi connectivity index (χ1n) is 5.91. The molecule has 0 spiro atoms. The van der Waals surface area contributed by atoms with E-state index in [0.717, 1.165) is 11.1 Å². The van der Waals surface area contributed by atoms with Crippen LogP contribution in [-0.4, -0.2) is 5.11 Å². The SMILES string of the molecule is CC(O)c1ccc(OCc2ccccc2Cl)c(Cl)c1. The van der Waals surface area contributed by atoms with Gasteiger partial charge < -0.3 is 9.84 Å². The molecule has 2 rings (SSSR count). The minimum Gasteiger partial charge on any atom is -0.487 e. The van der Waals surface area contributed by atoms with E-state index in [0.29, 0.717) is 22.4 Å². The highest BCUT2D eigenvalue weighted by Crippen LogP contribution is 2.29. The highest BCUT2D eigenvalue weighted by molar-refractivity contribution is 6.32. The van der Waals surface area contributed by atoms with E-state index >= 15 is 0 Å². The van der Waals surface area contributed by atoms with Gasteiger partial charge in [0.2, 0.25) is 0 Å². The molecule has 2 aromatic rings. The Balaban J connectivity index is 2.10. The second-order valence-electron chi connectivity index (χ2n) is 4.25. The largest absolute Gasteiger partial charge is 0.487 e. The Kier molecular flexibility index (Phi) is 4.70. The summed E-state index contributed by atoms with van der Waals surface area (Å²) in [4.78, 5) is 0. The van der Waals surface area contributed by atoms with E-state index in [1.165, 1.54) is 0 Å². The van der Waals surface area contributed by atoms with E-state index in [4.69, 9.17) is 27.9 Å². The molecule has 2 aromatic carbocycles. The van der Waals surface area contributed by atoms with Gasteiger partial charge in [-0.3, -0.25) is 0 Å². The van der Waals surface area contributed by atoms with E-state index in [-0.39, 0.29) is 0 Å². The molecular formula is C15H14Cl2O2. The van der Waals surface area contributed by atoms with Gasteiger partial charge in [-0.15, -0.1) is 0 Å². The summed E-state index contributed by atoms with van der Waals surface area (Å²) >= 11 is 12.2. The third kappa shape index (κ3) is 3.63. The highest BCUT2D eigenvalue weighted by atomic mass is 35.5. The molecule has 0 amide bonds. The lowest BCUT2D eigenvalue weighted by Gasteiger charge is -2.11. The summed E-state index contributed by atoms with van der Waals surface area (Å²) in [6.45, 7) is 2.04. The molecule has 0 aliphatic carbocycles. The maximum Gasteiger partial charge on any atom is 0.138 e. The Hall–Kier alpha value is -1.22. The second-order valence-corrected chi connectivity index (χ2v) is 5.06. The molecule has 100 valence electrons. The predicted molar refractivity (Wildman–Crippen MR) is 77.9 cm³/mol. The van der Waals surface area contributed by atoms with Gasteiger partial charge in [-0.25, -0.2) is 0 Å². The molecule has 0 radical (unpaired) electrons. The Morgan fingerprint density at radius 1 is 1.11 bits per heavy atom. The number of hydrogen-bond donors (Lipinski definition) is 1. The first-order chi connectivity index (χ1) is 9.08. The van der Waals surface area contributed by atoms with Gasteiger partial charge in [0.15, 0.2) is 0 Å². The molecule has 0 saturated heterocycles. The topological polar surface area (TPSA) is 29.5 Å². The molecule has 0 bridgehead atoms. The number of ether oxygens (including phenoxy) is 1. The Morgan fingerprint density at radius 3 is 2.47 bits per heavy atom. The lowest BCUT2D eigenvalue weighted by Crippen LogP contribution is -1.98. The number of rotatable bonds is 4. The number of hydrogen-bond acceptors (Lipinski definition) is 2. The number of aliphatic hydroxyl groups is 1. The molecule has 4 heteroatoms. The van der Waals surface area contributed by atoms with E-state index in [1.54, 1.807) is 25.1 Å². The lowest BCUT2D eigenvalue weighted by atomic mass is 10.1. The zero-order chi connectivity index (χ0) is 13.8. The van der Waals surface area contributed by atoms with Crippen LogP contribution in [0.4, 0.5) is 0 Å². The van der Waals surface area contributed by atoms with E-state index < -0.39 is 6.10 Å². The molecular weight excluding hydrogens is 283 g/mol. The van der Waals surface area contributed by atoms with Crippen LogP contribution in [0.3, 0.4) is 0 Å². The monoisotopic (exact) mass is 296 g/mol. The third-order valence-electron chi connectivity index (χ3n) is 2.78. The van der Waals surface area contributed by atoms with Crippen molar-refractivity contribution in [2.45, 2.75) is 19.6 Å². The normalized spacial score (nSPS) is 12.2. The van der Waals surface area contributed by atoms with E-state index in [9.17, 15) is 5.11 Å². The molecule has 0 aromatic heterocycles. The lowest BCUT2D eigenvalue weighted by molar-refractivity contribution is 0.199. The fraction of sp³-hybridized carbons (Fsp3) is 0.200. The summed E-state index contributed by atoms with van der Waals surface area (Å²) in [6.07, 6.45) is -0.546.